The van der Waals surface area contributed by atoms with E-state index >= 15 is 0 Å². The summed E-state index contributed by atoms with van der Waals surface area (Å²) < 4.78 is 23.8. The van der Waals surface area contributed by atoms with E-state index in [1.807, 2.05) is 30.3 Å². The van der Waals surface area contributed by atoms with Gasteiger partial charge in [-0.2, -0.15) is 4.98 Å². The minimum Gasteiger partial charge on any atom is -0.456 e. The van der Waals surface area contributed by atoms with Crippen molar-refractivity contribution in [3.05, 3.63) is 94.5 Å². The van der Waals surface area contributed by atoms with E-state index in [1.165, 1.54) is 26.1 Å². The van der Waals surface area contributed by atoms with Gasteiger partial charge < -0.3 is 24.3 Å². The van der Waals surface area contributed by atoms with E-state index in [-0.39, 0.29) is 19.0 Å². The Hall–Kier alpha value is -4.35. The van der Waals surface area contributed by atoms with E-state index in [0.29, 0.717) is 5.56 Å². The lowest BCUT2D eigenvalue weighted by Gasteiger charge is -2.24. The number of amides is 1. The highest BCUT2D eigenvalue weighted by atomic mass is 16.7. The van der Waals surface area contributed by atoms with E-state index in [4.69, 9.17) is 18.9 Å². The van der Waals surface area contributed by atoms with Gasteiger partial charge in [0.05, 0.1) is 13.2 Å². The van der Waals surface area contributed by atoms with Crippen LogP contribution < -0.4 is 11.0 Å². The van der Waals surface area contributed by atoms with Crippen LogP contribution in [0.5, 0.6) is 0 Å². The molecule has 4 atom stereocenters. The van der Waals surface area contributed by atoms with Crippen molar-refractivity contribution in [2.45, 2.75) is 45.0 Å². The van der Waals surface area contributed by atoms with Crippen LogP contribution in [-0.2, 0) is 35.1 Å². The second kappa shape index (κ2) is 12.3. The van der Waals surface area contributed by atoms with Crippen LogP contribution in [-0.4, -0.2) is 52.3 Å². The topological polar surface area (TPSA) is 135 Å². The van der Waals surface area contributed by atoms with Crippen molar-refractivity contribution < 1.29 is 33.3 Å². The maximum Gasteiger partial charge on any atom is 0.351 e. The molecule has 0 unspecified atom stereocenters. The van der Waals surface area contributed by atoms with Gasteiger partial charge in [0.15, 0.2) is 18.4 Å². The van der Waals surface area contributed by atoms with E-state index in [0.717, 1.165) is 10.1 Å². The van der Waals surface area contributed by atoms with Crippen LogP contribution in [0.3, 0.4) is 0 Å². The third-order valence-electron chi connectivity index (χ3n) is 5.66. The normalized spacial score (nSPS) is 20.5. The summed E-state index contributed by atoms with van der Waals surface area (Å²) >= 11 is 0. The standard InChI is InChI=1S/C27H27N3O8/c1-17(31)36-23-21(16-35-15-19-9-5-3-6-10-19)38-26(24(23)37-18(2)32)30-14-13-22(29-27(30)34)28-25(33)20-11-7-4-8-12-20/h3-14,21,23-24,26H,15-16H2,1-2H3,(H,28,29,33,34)/t21-,23-,24-,26-/m1/s1. The van der Waals surface area contributed by atoms with Crippen LogP contribution in [0, 0.1) is 0 Å². The predicted molar refractivity (Wildman–Crippen MR) is 134 cm³/mol. The molecule has 1 aliphatic heterocycles. The molecule has 1 N–H and O–H groups in total. The highest BCUT2D eigenvalue weighted by Gasteiger charge is 2.50. The molecule has 0 bridgehead atoms. The van der Waals surface area contributed by atoms with E-state index in [9.17, 15) is 19.2 Å². The Morgan fingerprint density at radius 2 is 1.55 bits per heavy atom. The number of rotatable bonds is 9. The Labute approximate surface area is 218 Å². The Morgan fingerprint density at radius 1 is 0.921 bits per heavy atom. The second-order valence-electron chi connectivity index (χ2n) is 8.54. The minimum absolute atomic E-state index is 0.00546. The summed E-state index contributed by atoms with van der Waals surface area (Å²) in [5.74, 6) is -1.68. The lowest BCUT2D eigenvalue weighted by atomic mass is 10.1. The van der Waals surface area contributed by atoms with Crippen molar-refractivity contribution >= 4 is 23.7 Å². The lowest BCUT2D eigenvalue weighted by Crippen LogP contribution is -2.41. The molecule has 11 heteroatoms. The van der Waals surface area contributed by atoms with Crippen LogP contribution in [0.4, 0.5) is 5.82 Å². The summed E-state index contributed by atoms with van der Waals surface area (Å²) in [5, 5.41) is 2.57. The van der Waals surface area contributed by atoms with Gasteiger partial charge in [0.1, 0.15) is 11.9 Å². The molecule has 0 spiro atoms. The molecule has 1 fully saturated rings. The molecule has 1 aromatic heterocycles. The summed E-state index contributed by atoms with van der Waals surface area (Å²) in [5.41, 5.74) is 0.553. The number of nitrogens with one attached hydrogen (secondary N) is 1. The SMILES string of the molecule is CC(=O)O[C@@H]1[C@H](OC(C)=O)[C@@H](COCc2ccccc2)O[C@H]1n1ccc(NC(=O)c2ccccc2)nc1=O. The number of carbonyl (C=O) groups excluding carboxylic acids is 3. The smallest absolute Gasteiger partial charge is 0.351 e. The average molecular weight is 522 g/mol. The molecule has 3 aromatic rings. The van der Waals surface area contributed by atoms with Crippen molar-refractivity contribution in [2.24, 2.45) is 0 Å². The van der Waals surface area contributed by atoms with E-state index < -0.39 is 48.1 Å². The Morgan fingerprint density at radius 3 is 2.18 bits per heavy atom. The highest BCUT2D eigenvalue weighted by molar-refractivity contribution is 6.03. The average Bonchev–Trinajstić information content (AvgIpc) is 3.20. The monoisotopic (exact) mass is 521 g/mol. The molecule has 2 aromatic carbocycles. The fourth-order valence-corrected chi connectivity index (χ4v) is 4.04. The Balaban J connectivity index is 1.54. The number of aromatic nitrogens is 2. The van der Waals surface area contributed by atoms with Crippen LogP contribution in [0.15, 0.2) is 77.7 Å². The molecule has 198 valence electrons. The zero-order chi connectivity index (χ0) is 27.1. The quantitative estimate of drug-likeness (QED) is 0.421. The lowest BCUT2D eigenvalue weighted by molar-refractivity contribution is -0.166. The van der Waals surface area contributed by atoms with E-state index in [1.54, 1.807) is 30.3 Å². The first-order valence-electron chi connectivity index (χ1n) is 11.9. The third kappa shape index (κ3) is 6.69. The van der Waals surface area contributed by atoms with Crippen molar-refractivity contribution in [1.29, 1.82) is 0 Å². The zero-order valence-electron chi connectivity index (χ0n) is 20.8. The summed E-state index contributed by atoms with van der Waals surface area (Å²) in [7, 11) is 0. The molecular weight excluding hydrogens is 494 g/mol. The third-order valence-corrected chi connectivity index (χ3v) is 5.66. The maximum absolute atomic E-state index is 13.0. The summed E-state index contributed by atoms with van der Waals surface area (Å²) in [6.07, 6.45) is -2.84. The Bertz CT molecular complexity index is 1330. The number of esters is 2. The fourth-order valence-electron chi connectivity index (χ4n) is 4.04. The van der Waals surface area contributed by atoms with Gasteiger partial charge in [-0.1, -0.05) is 48.5 Å². The van der Waals surface area contributed by atoms with Crippen LogP contribution in [0.1, 0.15) is 36.0 Å². The van der Waals surface area contributed by atoms with Crippen LogP contribution in [0.2, 0.25) is 0 Å². The summed E-state index contributed by atoms with van der Waals surface area (Å²) in [6, 6.07) is 19.3. The van der Waals surface area contributed by atoms with Crippen molar-refractivity contribution in [3.8, 4) is 0 Å². The number of nitrogens with zero attached hydrogens (tertiary/aromatic N) is 2. The van der Waals surface area contributed by atoms with Gasteiger partial charge in [-0.05, 0) is 23.8 Å². The molecule has 2 heterocycles. The summed E-state index contributed by atoms with van der Waals surface area (Å²) in [6.45, 7) is 2.69. The van der Waals surface area contributed by atoms with Crippen LogP contribution >= 0.6 is 0 Å². The molecule has 1 aliphatic rings. The van der Waals surface area contributed by atoms with Crippen molar-refractivity contribution in [3.63, 3.8) is 0 Å². The maximum atomic E-state index is 13.0. The molecule has 4 rings (SSSR count). The minimum atomic E-state index is -1.16. The van der Waals surface area contributed by atoms with Gasteiger partial charge in [-0.25, -0.2) is 4.79 Å². The van der Waals surface area contributed by atoms with Crippen LogP contribution in [0.25, 0.3) is 0 Å². The molecular formula is C27H27N3O8. The number of benzene rings is 2. The molecule has 11 nitrogen and oxygen atoms in total. The van der Waals surface area contributed by atoms with Crippen molar-refractivity contribution in [2.75, 3.05) is 11.9 Å². The first kappa shape index (κ1) is 26.7. The molecule has 38 heavy (non-hydrogen) atoms. The molecule has 0 aliphatic carbocycles. The highest BCUT2D eigenvalue weighted by Crippen LogP contribution is 2.33. The second-order valence-corrected chi connectivity index (χ2v) is 8.54. The molecule has 0 radical (unpaired) electrons. The van der Waals surface area contributed by atoms with Gasteiger partial charge in [-0.15, -0.1) is 0 Å². The fraction of sp³-hybridized carbons (Fsp3) is 0.296. The first-order valence-corrected chi connectivity index (χ1v) is 11.9. The van der Waals surface area contributed by atoms with Gasteiger partial charge in [-0.3, -0.25) is 19.0 Å². The van der Waals surface area contributed by atoms with E-state index in [2.05, 4.69) is 10.3 Å². The first-order chi connectivity index (χ1) is 18.3. The number of hydrogen-bond acceptors (Lipinski definition) is 9. The summed E-state index contributed by atoms with van der Waals surface area (Å²) in [4.78, 5) is 53.1. The predicted octanol–water partition coefficient (Wildman–Crippen LogP) is 2.47. The molecule has 1 amide bonds. The molecule has 1 saturated heterocycles. The number of anilines is 1. The largest absolute Gasteiger partial charge is 0.456 e. The van der Waals surface area contributed by atoms with Gasteiger partial charge in [0.2, 0.25) is 0 Å². The van der Waals surface area contributed by atoms with Gasteiger partial charge >= 0.3 is 17.6 Å². The number of carbonyl (C=O) groups is 3. The zero-order valence-corrected chi connectivity index (χ0v) is 20.8. The molecule has 0 saturated carbocycles. The number of hydrogen-bond donors (Lipinski definition) is 1. The Kier molecular flexibility index (Phi) is 8.62. The van der Waals surface area contributed by atoms with Gasteiger partial charge in [0, 0.05) is 25.6 Å². The number of ether oxygens (including phenoxy) is 4. The van der Waals surface area contributed by atoms with Crippen molar-refractivity contribution in [1.82, 2.24) is 9.55 Å². The van der Waals surface area contributed by atoms with Gasteiger partial charge in [0.25, 0.3) is 5.91 Å².